The molecule has 3 amide bonds. The minimum absolute atomic E-state index is 0.0146. The first-order valence-corrected chi connectivity index (χ1v) is 11.3. The number of carbonyl (C=O) groups excluding carboxylic acids is 4. The molecule has 1 heterocycles. The fourth-order valence-corrected chi connectivity index (χ4v) is 4.71. The number of carbonyl (C=O) groups is 4. The van der Waals surface area contributed by atoms with Crippen LogP contribution in [-0.2, 0) is 9.59 Å². The number of aryl methyl sites for hydroxylation is 1. The quantitative estimate of drug-likeness (QED) is 0.207. The van der Waals surface area contributed by atoms with Crippen molar-refractivity contribution in [1.29, 1.82) is 0 Å². The zero-order valence-electron chi connectivity index (χ0n) is 19.6. The molecule has 0 radical (unpaired) electrons. The average Bonchev–Trinajstić information content (AvgIpc) is 3.10. The number of rotatable bonds is 6. The number of fused-ring (bicyclic) bond motifs is 1. The van der Waals surface area contributed by atoms with Crippen LogP contribution in [0, 0.1) is 34.8 Å². The van der Waals surface area contributed by atoms with Crippen molar-refractivity contribution in [3.63, 3.8) is 0 Å². The second kappa shape index (κ2) is 9.25. The highest BCUT2D eigenvalue weighted by atomic mass is 16.6. The van der Waals surface area contributed by atoms with Gasteiger partial charge < -0.3 is 0 Å². The number of imide groups is 1. The number of nitro benzene ring substituents is 1. The van der Waals surface area contributed by atoms with E-state index in [0.717, 1.165) is 27.7 Å². The molecule has 1 fully saturated rings. The normalized spacial score (nSPS) is 22.0. The topological polar surface area (TPSA) is 118 Å². The van der Waals surface area contributed by atoms with Gasteiger partial charge in [0.15, 0.2) is 5.78 Å². The molecule has 0 unspecified atom stereocenters. The highest BCUT2D eigenvalue weighted by molar-refractivity contribution is 6.10. The lowest BCUT2D eigenvalue weighted by Gasteiger charge is -2.34. The van der Waals surface area contributed by atoms with Gasteiger partial charge in [-0.3, -0.25) is 29.3 Å². The zero-order valence-corrected chi connectivity index (χ0v) is 19.6. The molecular formula is C26H25N3O6. The molecule has 35 heavy (non-hydrogen) atoms. The largest absolute Gasteiger partial charge is 0.292 e. The Morgan fingerprint density at radius 1 is 1.03 bits per heavy atom. The van der Waals surface area contributed by atoms with Gasteiger partial charge in [-0.15, -0.1) is 0 Å². The van der Waals surface area contributed by atoms with Crippen LogP contribution >= 0.6 is 0 Å². The molecule has 2 aromatic carbocycles. The first kappa shape index (κ1) is 24.0. The summed E-state index contributed by atoms with van der Waals surface area (Å²) in [6, 6.07) is 10.4. The number of ketones is 1. The molecule has 4 rings (SSSR count). The summed E-state index contributed by atoms with van der Waals surface area (Å²) in [6.45, 7) is 5.18. The first-order chi connectivity index (χ1) is 16.6. The van der Waals surface area contributed by atoms with Crippen molar-refractivity contribution in [1.82, 2.24) is 10.0 Å². The van der Waals surface area contributed by atoms with Gasteiger partial charge in [-0.05, 0) is 38.3 Å². The number of benzene rings is 2. The Balaban J connectivity index is 1.76. The summed E-state index contributed by atoms with van der Waals surface area (Å²) in [5.74, 6) is -3.71. The van der Waals surface area contributed by atoms with E-state index in [1.165, 1.54) is 19.1 Å². The van der Waals surface area contributed by atoms with E-state index in [0.29, 0.717) is 12.0 Å². The number of amides is 3. The standard InChI is InChI=1S/C26H25N3O6/c1-15-7-9-18(10-8-15)23(30)17(3)27(24(31)19-11-13-20(14-12-19)29(34)35)28-25(32)21-6-4-5-16(2)22(21)26(28)33/h4-5,7-14,16-17,21-22H,6H2,1-3H3/t16-,17+,21-,22+/m1/s1. The number of Topliss-reactive ketones (excluding diaryl/α,β-unsaturated/α-hetero) is 1. The summed E-state index contributed by atoms with van der Waals surface area (Å²) in [4.78, 5) is 64.3. The monoisotopic (exact) mass is 475 g/mol. The Hall–Kier alpha value is -4.14. The van der Waals surface area contributed by atoms with Gasteiger partial charge in [0.1, 0.15) is 6.04 Å². The van der Waals surface area contributed by atoms with Crippen molar-refractivity contribution in [3.8, 4) is 0 Å². The van der Waals surface area contributed by atoms with Crippen LogP contribution < -0.4 is 0 Å². The van der Waals surface area contributed by atoms with Gasteiger partial charge in [-0.2, -0.15) is 5.01 Å². The molecule has 180 valence electrons. The fraction of sp³-hybridized carbons (Fsp3) is 0.308. The fourth-order valence-electron chi connectivity index (χ4n) is 4.71. The molecule has 0 N–H and O–H groups in total. The van der Waals surface area contributed by atoms with Crippen LogP contribution in [0.2, 0.25) is 0 Å². The van der Waals surface area contributed by atoms with Crippen LogP contribution in [0.1, 0.15) is 46.5 Å². The molecule has 2 aliphatic rings. The van der Waals surface area contributed by atoms with Gasteiger partial charge in [-0.25, -0.2) is 5.01 Å². The van der Waals surface area contributed by atoms with E-state index in [2.05, 4.69) is 0 Å². The Morgan fingerprint density at radius 3 is 2.20 bits per heavy atom. The molecule has 0 bridgehead atoms. The molecule has 2 aromatic rings. The molecule has 1 aliphatic carbocycles. The molecule has 1 saturated heterocycles. The third-order valence-corrected chi connectivity index (χ3v) is 6.68. The van der Waals surface area contributed by atoms with Crippen molar-refractivity contribution in [2.24, 2.45) is 17.8 Å². The summed E-state index contributed by atoms with van der Waals surface area (Å²) in [5, 5.41) is 12.8. The number of nitrogens with zero attached hydrogens (tertiary/aromatic N) is 3. The first-order valence-electron chi connectivity index (χ1n) is 11.3. The Labute approximate surface area is 202 Å². The lowest BCUT2D eigenvalue weighted by Crippen LogP contribution is -2.56. The Bertz CT molecular complexity index is 1230. The van der Waals surface area contributed by atoms with Crippen LogP contribution in [0.4, 0.5) is 5.69 Å². The van der Waals surface area contributed by atoms with Crippen LogP contribution in [-0.4, -0.2) is 44.5 Å². The maximum Gasteiger partial charge on any atom is 0.273 e. The molecule has 1 aliphatic heterocycles. The maximum atomic E-state index is 13.7. The smallest absolute Gasteiger partial charge is 0.273 e. The van der Waals surface area contributed by atoms with Gasteiger partial charge in [0.25, 0.3) is 23.4 Å². The number of hydrogen-bond donors (Lipinski definition) is 0. The Kier molecular flexibility index (Phi) is 6.34. The summed E-state index contributed by atoms with van der Waals surface area (Å²) < 4.78 is 0. The van der Waals surface area contributed by atoms with Crippen molar-refractivity contribution in [2.75, 3.05) is 0 Å². The molecule has 0 aromatic heterocycles. The number of nitro groups is 1. The minimum atomic E-state index is -1.18. The maximum absolute atomic E-state index is 13.7. The van der Waals surface area contributed by atoms with E-state index in [4.69, 9.17) is 0 Å². The summed E-state index contributed by atoms with van der Waals surface area (Å²) in [7, 11) is 0. The second-order valence-corrected chi connectivity index (χ2v) is 9.00. The van der Waals surface area contributed by atoms with Gasteiger partial charge >= 0.3 is 0 Å². The van der Waals surface area contributed by atoms with E-state index in [-0.39, 0.29) is 17.2 Å². The Morgan fingerprint density at radius 2 is 1.63 bits per heavy atom. The predicted octanol–water partition coefficient (Wildman–Crippen LogP) is 3.73. The summed E-state index contributed by atoms with van der Waals surface area (Å²) in [5.41, 5.74) is 1.08. The molecule has 4 atom stereocenters. The van der Waals surface area contributed by atoms with Gasteiger partial charge in [0.2, 0.25) is 0 Å². The third-order valence-electron chi connectivity index (χ3n) is 6.68. The highest BCUT2D eigenvalue weighted by Gasteiger charge is 2.54. The average molecular weight is 476 g/mol. The van der Waals surface area contributed by atoms with Crippen molar-refractivity contribution >= 4 is 29.2 Å². The van der Waals surface area contributed by atoms with E-state index < -0.39 is 46.3 Å². The van der Waals surface area contributed by atoms with Gasteiger partial charge in [-0.1, -0.05) is 48.9 Å². The number of allylic oxidation sites excluding steroid dienone is 2. The van der Waals surface area contributed by atoms with E-state index in [1.807, 2.05) is 26.0 Å². The molecule has 0 spiro atoms. The van der Waals surface area contributed by atoms with Crippen LogP contribution in [0.25, 0.3) is 0 Å². The number of hydrogen-bond acceptors (Lipinski definition) is 6. The highest BCUT2D eigenvalue weighted by Crippen LogP contribution is 2.40. The lowest BCUT2D eigenvalue weighted by atomic mass is 9.78. The molecule has 0 saturated carbocycles. The van der Waals surface area contributed by atoms with Gasteiger partial charge in [0, 0.05) is 23.3 Å². The van der Waals surface area contributed by atoms with Crippen LogP contribution in [0.15, 0.2) is 60.7 Å². The van der Waals surface area contributed by atoms with Gasteiger partial charge in [0.05, 0.1) is 16.8 Å². The van der Waals surface area contributed by atoms with E-state index >= 15 is 0 Å². The lowest BCUT2D eigenvalue weighted by molar-refractivity contribution is -0.384. The van der Waals surface area contributed by atoms with Crippen molar-refractivity contribution in [3.05, 3.63) is 87.5 Å². The summed E-state index contributed by atoms with van der Waals surface area (Å²) >= 11 is 0. The SMILES string of the molecule is Cc1ccc(C(=O)[C@H](C)N(C(=O)c2ccc([N+](=O)[O-])cc2)N2C(=O)[C@H]3[C@H](C)C=CC[C@H]3C2=O)cc1. The molecule has 9 heteroatoms. The number of hydrazine groups is 1. The van der Waals surface area contributed by atoms with Crippen LogP contribution in [0.3, 0.4) is 0 Å². The second-order valence-electron chi connectivity index (χ2n) is 9.00. The van der Waals surface area contributed by atoms with Crippen LogP contribution in [0.5, 0.6) is 0 Å². The van der Waals surface area contributed by atoms with Crippen molar-refractivity contribution in [2.45, 2.75) is 33.2 Å². The third kappa shape index (κ3) is 4.25. The van der Waals surface area contributed by atoms with E-state index in [9.17, 15) is 29.3 Å². The predicted molar refractivity (Wildman–Crippen MR) is 126 cm³/mol. The molecule has 9 nitrogen and oxygen atoms in total. The minimum Gasteiger partial charge on any atom is -0.292 e. The number of non-ortho nitro benzene ring substituents is 1. The summed E-state index contributed by atoms with van der Waals surface area (Å²) in [6.07, 6.45) is 4.10. The van der Waals surface area contributed by atoms with Crippen molar-refractivity contribution < 1.29 is 24.1 Å². The van der Waals surface area contributed by atoms with E-state index in [1.54, 1.807) is 24.3 Å². The molecular weight excluding hydrogens is 450 g/mol. The zero-order chi connectivity index (χ0) is 25.4.